The zero-order chi connectivity index (χ0) is 12.4. The van der Waals surface area contributed by atoms with Crippen molar-refractivity contribution in [3.8, 4) is 0 Å². The number of aryl methyl sites for hydroxylation is 1. The molecule has 0 radical (unpaired) electrons. The summed E-state index contributed by atoms with van der Waals surface area (Å²) in [5.41, 5.74) is 2.65. The van der Waals surface area contributed by atoms with Gasteiger partial charge in [-0.15, -0.1) is 0 Å². The van der Waals surface area contributed by atoms with Crippen LogP contribution >= 0.6 is 0 Å². The van der Waals surface area contributed by atoms with Crippen molar-refractivity contribution in [2.24, 2.45) is 0 Å². The molecule has 2 amide bonds. The van der Waals surface area contributed by atoms with Gasteiger partial charge < -0.3 is 9.42 Å². The lowest BCUT2D eigenvalue weighted by Crippen LogP contribution is -2.39. The third kappa shape index (κ3) is 2.67. The van der Waals surface area contributed by atoms with Crippen LogP contribution in [0.2, 0.25) is 0 Å². The number of carbonyl (C=O) groups is 1. The van der Waals surface area contributed by atoms with Crippen LogP contribution in [0.5, 0.6) is 0 Å². The molecule has 0 saturated carbocycles. The molecule has 0 atom stereocenters. The molecule has 0 spiro atoms. The number of hydrogen-bond donors (Lipinski definition) is 1. The molecule has 2 rings (SSSR count). The molecule has 0 fully saturated rings. The minimum absolute atomic E-state index is 0.120. The van der Waals surface area contributed by atoms with Gasteiger partial charge in [-0.1, -0.05) is 16.3 Å². The topological polar surface area (TPSA) is 58.4 Å². The second kappa shape index (κ2) is 4.61. The maximum Gasteiger partial charge on any atom is 0.323 e. The van der Waals surface area contributed by atoms with Crippen molar-refractivity contribution in [2.45, 2.75) is 27.2 Å². The average Bonchev–Trinajstić information content (AvgIpc) is 2.68. The maximum atomic E-state index is 11.9. The van der Waals surface area contributed by atoms with Gasteiger partial charge in [0.15, 0.2) is 5.82 Å². The highest BCUT2D eigenvalue weighted by Gasteiger charge is 2.19. The van der Waals surface area contributed by atoms with E-state index in [1.54, 1.807) is 17.9 Å². The van der Waals surface area contributed by atoms with E-state index in [1.165, 1.54) is 11.1 Å². The van der Waals surface area contributed by atoms with Crippen LogP contribution in [0.3, 0.4) is 0 Å². The molecular formula is C12H17N3O2. The highest BCUT2D eigenvalue weighted by atomic mass is 16.5. The Labute approximate surface area is 100 Å². The van der Waals surface area contributed by atoms with Crippen molar-refractivity contribution in [3.63, 3.8) is 0 Å². The molecule has 1 aliphatic rings. The molecule has 0 aromatic carbocycles. The van der Waals surface area contributed by atoms with E-state index in [9.17, 15) is 4.79 Å². The molecule has 1 aliphatic heterocycles. The van der Waals surface area contributed by atoms with Gasteiger partial charge in [-0.2, -0.15) is 0 Å². The number of aromatic nitrogens is 1. The predicted octanol–water partition coefficient (Wildman–Crippen LogP) is 2.56. The molecule has 0 saturated heterocycles. The number of nitrogens with zero attached hydrogens (tertiary/aromatic N) is 2. The number of anilines is 1. The number of urea groups is 1. The third-order valence-corrected chi connectivity index (χ3v) is 3.06. The van der Waals surface area contributed by atoms with E-state index in [4.69, 9.17) is 4.52 Å². The average molecular weight is 235 g/mol. The lowest BCUT2D eigenvalue weighted by Gasteiger charge is -2.28. The monoisotopic (exact) mass is 235 g/mol. The molecule has 5 nitrogen and oxygen atoms in total. The lowest BCUT2D eigenvalue weighted by molar-refractivity contribution is 0.213. The van der Waals surface area contributed by atoms with E-state index in [-0.39, 0.29) is 6.03 Å². The van der Waals surface area contributed by atoms with Crippen LogP contribution in [0.1, 0.15) is 26.0 Å². The van der Waals surface area contributed by atoms with Gasteiger partial charge in [0.05, 0.1) is 0 Å². The first kappa shape index (κ1) is 11.7. The summed E-state index contributed by atoms with van der Waals surface area (Å²) in [5, 5.41) is 6.47. The highest BCUT2D eigenvalue weighted by molar-refractivity contribution is 5.88. The van der Waals surface area contributed by atoms with Gasteiger partial charge in [-0.25, -0.2) is 4.79 Å². The number of carbonyl (C=O) groups excluding carboxylic acids is 1. The van der Waals surface area contributed by atoms with Crippen LogP contribution in [0.15, 0.2) is 21.7 Å². The van der Waals surface area contributed by atoms with Crippen LogP contribution in [0.4, 0.5) is 10.6 Å². The van der Waals surface area contributed by atoms with Crippen molar-refractivity contribution in [2.75, 3.05) is 18.4 Å². The summed E-state index contributed by atoms with van der Waals surface area (Å²) in [6.45, 7) is 7.42. The van der Waals surface area contributed by atoms with E-state index in [0.29, 0.717) is 18.1 Å². The molecule has 0 aliphatic carbocycles. The van der Waals surface area contributed by atoms with Crippen LogP contribution in [-0.4, -0.2) is 29.2 Å². The number of nitrogens with one attached hydrogen (secondary N) is 1. The molecule has 1 aromatic heterocycles. The zero-order valence-electron chi connectivity index (χ0n) is 10.4. The molecular weight excluding hydrogens is 218 g/mol. The fourth-order valence-electron chi connectivity index (χ4n) is 1.80. The summed E-state index contributed by atoms with van der Waals surface area (Å²) in [7, 11) is 0. The Kier molecular flexibility index (Phi) is 3.17. The molecule has 0 unspecified atom stereocenters. The second-order valence-corrected chi connectivity index (χ2v) is 4.49. The Morgan fingerprint density at radius 2 is 2.18 bits per heavy atom. The van der Waals surface area contributed by atoms with E-state index in [2.05, 4.69) is 24.3 Å². The second-order valence-electron chi connectivity index (χ2n) is 4.49. The minimum atomic E-state index is -0.120. The van der Waals surface area contributed by atoms with Crippen LogP contribution in [-0.2, 0) is 0 Å². The van der Waals surface area contributed by atoms with Crippen LogP contribution < -0.4 is 5.32 Å². The van der Waals surface area contributed by atoms with Gasteiger partial charge >= 0.3 is 6.03 Å². The fourth-order valence-corrected chi connectivity index (χ4v) is 1.80. The van der Waals surface area contributed by atoms with Crippen molar-refractivity contribution in [1.29, 1.82) is 0 Å². The van der Waals surface area contributed by atoms with Crippen molar-refractivity contribution < 1.29 is 9.32 Å². The predicted molar refractivity (Wildman–Crippen MR) is 64.8 cm³/mol. The molecule has 2 heterocycles. The quantitative estimate of drug-likeness (QED) is 0.761. The molecule has 1 N–H and O–H groups in total. The van der Waals surface area contributed by atoms with Crippen molar-refractivity contribution in [1.82, 2.24) is 10.1 Å². The summed E-state index contributed by atoms with van der Waals surface area (Å²) in [6.07, 6.45) is 0.942. The highest BCUT2D eigenvalue weighted by Crippen LogP contribution is 2.17. The van der Waals surface area contributed by atoms with E-state index in [1.807, 2.05) is 0 Å². The summed E-state index contributed by atoms with van der Waals surface area (Å²) in [5.74, 6) is 1.15. The van der Waals surface area contributed by atoms with Gasteiger partial charge in [0.1, 0.15) is 5.76 Å². The number of rotatable bonds is 1. The third-order valence-electron chi connectivity index (χ3n) is 3.06. The first-order chi connectivity index (χ1) is 8.06. The molecule has 1 aromatic rings. The maximum absolute atomic E-state index is 11.9. The van der Waals surface area contributed by atoms with Gasteiger partial charge in [-0.05, 0) is 27.2 Å². The Morgan fingerprint density at radius 3 is 2.76 bits per heavy atom. The van der Waals surface area contributed by atoms with Crippen molar-refractivity contribution >= 4 is 11.8 Å². The fraction of sp³-hybridized carbons (Fsp3) is 0.500. The Morgan fingerprint density at radius 1 is 1.41 bits per heavy atom. The first-order valence-electron chi connectivity index (χ1n) is 5.70. The van der Waals surface area contributed by atoms with Gasteiger partial charge in [0.2, 0.25) is 0 Å². The Balaban J connectivity index is 1.98. The first-order valence-corrected chi connectivity index (χ1v) is 5.70. The largest absolute Gasteiger partial charge is 0.360 e. The minimum Gasteiger partial charge on any atom is -0.360 e. The van der Waals surface area contributed by atoms with Crippen molar-refractivity contribution in [3.05, 3.63) is 23.0 Å². The van der Waals surface area contributed by atoms with Gasteiger partial charge in [0, 0.05) is 19.2 Å². The molecule has 5 heteroatoms. The summed E-state index contributed by atoms with van der Waals surface area (Å²) in [6, 6.07) is 1.58. The SMILES string of the molecule is CC1=C(C)CN(C(=O)Nc2cc(C)on2)CC1. The van der Waals surface area contributed by atoms with Crippen LogP contribution in [0.25, 0.3) is 0 Å². The Hall–Kier alpha value is -1.78. The van der Waals surface area contributed by atoms with E-state index < -0.39 is 0 Å². The number of amides is 2. The smallest absolute Gasteiger partial charge is 0.323 e. The van der Waals surface area contributed by atoms with Crippen LogP contribution in [0, 0.1) is 6.92 Å². The Bertz CT molecular complexity index is 462. The standard InChI is InChI=1S/C12H17N3O2/c1-8-4-5-15(7-9(8)2)12(16)13-11-6-10(3)17-14-11/h6H,4-5,7H2,1-3H3,(H,13,14,16). The molecule has 92 valence electrons. The summed E-state index contributed by atoms with van der Waals surface area (Å²) < 4.78 is 4.90. The number of hydrogen-bond acceptors (Lipinski definition) is 3. The lowest BCUT2D eigenvalue weighted by atomic mass is 10.0. The molecule has 17 heavy (non-hydrogen) atoms. The summed E-state index contributed by atoms with van der Waals surface area (Å²) in [4.78, 5) is 13.7. The normalized spacial score (nSPS) is 16.3. The van der Waals surface area contributed by atoms with E-state index >= 15 is 0 Å². The summed E-state index contributed by atoms with van der Waals surface area (Å²) >= 11 is 0. The van der Waals surface area contributed by atoms with E-state index in [0.717, 1.165) is 13.0 Å². The molecule has 0 bridgehead atoms. The van der Waals surface area contributed by atoms with Gasteiger partial charge in [-0.3, -0.25) is 5.32 Å². The zero-order valence-corrected chi connectivity index (χ0v) is 10.4. The van der Waals surface area contributed by atoms with Gasteiger partial charge in [0.25, 0.3) is 0 Å².